The van der Waals surface area contributed by atoms with Crippen LogP contribution in [0.1, 0.15) is 453 Å². The average molecular weight is 1590 g/mol. The molecule has 0 aliphatic carbocycles. The quantitative estimate of drug-likeness (QED) is 0.0169. The molecular formula is C90H172O17P2. The number of carbonyl (C=O) groups excluding carboxylic acids is 4. The molecule has 0 radical (unpaired) electrons. The summed E-state index contributed by atoms with van der Waals surface area (Å²) in [5, 5.41) is 10.7. The average Bonchev–Trinajstić information content (AvgIpc) is 0.898. The van der Waals surface area contributed by atoms with Gasteiger partial charge in [0.2, 0.25) is 0 Å². The first-order valence-electron chi connectivity index (χ1n) is 45.7. The Morgan fingerprint density at radius 3 is 0.817 bits per heavy atom. The standard InChI is InChI=1S/C90H172O17P2/c1-8-11-12-13-14-15-16-17-26-34-39-44-51-59-66-73-90(95)107-86(78-101-88(93)72-65-58-53-46-47-54-61-68-81(4)5)80-105-109(98,99)103-76-84(91)75-102-108(96,97)104-79-85(106-89(94)74-67-60-52-45-40-35-30-25-21-19-23-28-32-37-42-49-56-63-70-83(7)10-3)77-100-87(92)71-64-57-50-43-38-33-29-24-20-18-22-27-31-36-41-48-55-62-69-82(6)9-2/h15-17,26,81-86,91H,8-14,18-25,27-80H2,1-7H3,(H,96,97)(H,98,99)/b16-15-,26-17-/t82?,83?,84?,85-,86-/m1/s1. The molecule has 19 heteroatoms. The lowest BCUT2D eigenvalue weighted by atomic mass is 9.99. The first-order chi connectivity index (χ1) is 52.8. The molecule has 0 amide bonds. The second-order valence-corrected chi connectivity index (χ2v) is 35.5. The van der Waals surface area contributed by atoms with Gasteiger partial charge in [-0.2, -0.15) is 0 Å². The number of unbranched alkanes of at least 4 members (excludes halogenated alkanes) is 49. The molecule has 0 aromatic heterocycles. The Labute approximate surface area is 669 Å². The van der Waals surface area contributed by atoms with Crippen molar-refractivity contribution in [3.05, 3.63) is 24.3 Å². The van der Waals surface area contributed by atoms with E-state index in [1.54, 1.807) is 0 Å². The van der Waals surface area contributed by atoms with Crippen molar-refractivity contribution in [1.82, 2.24) is 0 Å². The van der Waals surface area contributed by atoms with Crippen molar-refractivity contribution >= 4 is 39.5 Å². The molecule has 0 rings (SSSR count). The summed E-state index contributed by atoms with van der Waals surface area (Å²) in [5.74, 6) is 0.311. The van der Waals surface area contributed by atoms with Crippen molar-refractivity contribution in [3.63, 3.8) is 0 Å². The first-order valence-corrected chi connectivity index (χ1v) is 48.7. The number of ether oxygens (including phenoxy) is 4. The van der Waals surface area contributed by atoms with E-state index in [4.69, 9.17) is 37.0 Å². The number of phosphoric acid groups is 2. The third-order valence-corrected chi connectivity index (χ3v) is 23.1. The molecule has 3 N–H and O–H groups in total. The van der Waals surface area contributed by atoms with E-state index in [0.717, 1.165) is 121 Å². The van der Waals surface area contributed by atoms with Crippen LogP contribution in [0.25, 0.3) is 0 Å². The summed E-state index contributed by atoms with van der Waals surface area (Å²) in [6.07, 6.45) is 74.6. The lowest BCUT2D eigenvalue weighted by Gasteiger charge is -2.21. The van der Waals surface area contributed by atoms with Gasteiger partial charge in [0.25, 0.3) is 0 Å². The van der Waals surface area contributed by atoms with Crippen molar-refractivity contribution in [2.45, 2.75) is 471 Å². The maximum Gasteiger partial charge on any atom is 0.472 e. The number of hydrogen-bond acceptors (Lipinski definition) is 15. The van der Waals surface area contributed by atoms with E-state index < -0.39 is 97.5 Å². The van der Waals surface area contributed by atoms with Crippen molar-refractivity contribution in [3.8, 4) is 0 Å². The van der Waals surface area contributed by atoms with Gasteiger partial charge >= 0.3 is 39.5 Å². The summed E-state index contributed by atoms with van der Waals surface area (Å²) in [6.45, 7) is 12.0. The number of aliphatic hydroxyl groups excluding tert-OH is 1. The van der Waals surface area contributed by atoms with Gasteiger partial charge in [0.1, 0.15) is 19.3 Å². The number of phosphoric ester groups is 2. The van der Waals surface area contributed by atoms with Crippen LogP contribution in [0.3, 0.4) is 0 Å². The van der Waals surface area contributed by atoms with Crippen LogP contribution < -0.4 is 0 Å². The molecule has 0 bridgehead atoms. The Morgan fingerprint density at radius 1 is 0.303 bits per heavy atom. The minimum atomic E-state index is -4.97. The van der Waals surface area contributed by atoms with Crippen LogP contribution >= 0.6 is 15.6 Å². The van der Waals surface area contributed by atoms with Gasteiger partial charge in [-0.25, -0.2) is 9.13 Å². The van der Waals surface area contributed by atoms with E-state index in [2.05, 4.69) is 72.8 Å². The fraction of sp³-hybridized carbons (Fsp3) is 0.911. The van der Waals surface area contributed by atoms with Crippen LogP contribution in [0.4, 0.5) is 0 Å². The predicted molar refractivity (Wildman–Crippen MR) is 450 cm³/mol. The Balaban J connectivity index is 5.24. The summed E-state index contributed by atoms with van der Waals surface area (Å²) < 4.78 is 68.9. The van der Waals surface area contributed by atoms with E-state index in [1.807, 2.05) is 0 Å². The predicted octanol–water partition coefficient (Wildman–Crippen LogP) is 27.2. The normalized spacial score (nSPS) is 14.4. The van der Waals surface area contributed by atoms with Gasteiger partial charge in [0.05, 0.1) is 26.4 Å². The molecule has 0 aliphatic heterocycles. The molecule has 0 aromatic rings. The second kappa shape index (κ2) is 79.4. The topological polar surface area (TPSA) is 237 Å². The summed E-state index contributed by atoms with van der Waals surface area (Å²) in [7, 11) is -9.95. The molecule has 17 nitrogen and oxygen atoms in total. The van der Waals surface area contributed by atoms with E-state index in [-0.39, 0.29) is 25.7 Å². The summed E-state index contributed by atoms with van der Waals surface area (Å²) in [4.78, 5) is 73.3. The lowest BCUT2D eigenvalue weighted by Crippen LogP contribution is -2.30. The third-order valence-electron chi connectivity index (χ3n) is 21.2. The van der Waals surface area contributed by atoms with Crippen molar-refractivity contribution in [2.24, 2.45) is 17.8 Å². The number of allylic oxidation sites excluding steroid dienone is 4. The molecule has 0 aliphatic rings. The monoisotopic (exact) mass is 1590 g/mol. The van der Waals surface area contributed by atoms with Gasteiger partial charge in [-0.15, -0.1) is 0 Å². The van der Waals surface area contributed by atoms with Gasteiger partial charge in [-0.1, -0.05) is 400 Å². The van der Waals surface area contributed by atoms with Crippen LogP contribution in [0.2, 0.25) is 0 Å². The smallest absolute Gasteiger partial charge is 0.462 e. The molecule has 644 valence electrons. The van der Waals surface area contributed by atoms with Crippen LogP contribution in [-0.4, -0.2) is 96.7 Å². The SMILES string of the molecule is CCCCCC/C=C\C=C/CCCCCCCC(=O)O[C@H](COC(=O)CCCCCCCCCC(C)C)COP(=O)(O)OCC(O)COP(=O)(O)OC[C@@H](COC(=O)CCCCCCCCCCCCCCCCCCCCC(C)CC)OC(=O)CCCCCCCCCCCCCCCCCCCCC(C)CC. The van der Waals surface area contributed by atoms with E-state index in [9.17, 15) is 43.2 Å². The van der Waals surface area contributed by atoms with Gasteiger partial charge < -0.3 is 33.8 Å². The highest BCUT2D eigenvalue weighted by molar-refractivity contribution is 7.47. The minimum Gasteiger partial charge on any atom is -0.462 e. The molecule has 109 heavy (non-hydrogen) atoms. The zero-order chi connectivity index (χ0) is 80.0. The lowest BCUT2D eigenvalue weighted by molar-refractivity contribution is -0.161. The Kier molecular flexibility index (Phi) is 77.6. The molecule has 0 saturated heterocycles. The van der Waals surface area contributed by atoms with Crippen LogP contribution in [0.5, 0.6) is 0 Å². The Morgan fingerprint density at radius 2 is 0.541 bits per heavy atom. The van der Waals surface area contributed by atoms with Crippen LogP contribution in [0.15, 0.2) is 24.3 Å². The van der Waals surface area contributed by atoms with Gasteiger partial charge in [0, 0.05) is 25.7 Å². The molecule has 7 atom stereocenters. The molecule has 0 spiro atoms. The highest BCUT2D eigenvalue weighted by atomic mass is 31.2. The Hall–Kier alpha value is -2.46. The van der Waals surface area contributed by atoms with Crippen molar-refractivity contribution in [1.29, 1.82) is 0 Å². The number of carbonyl (C=O) groups is 4. The van der Waals surface area contributed by atoms with Gasteiger partial charge in [-0.05, 0) is 69.1 Å². The number of aliphatic hydroxyl groups is 1. The maximum absolute atomic E-state index is 13.2. The number of hydrogen-bond donors (Lipinski definition) is 3. The first kappa shape index (κ1) is 107. The van der Waals surface area contributed by atoms with Crippen LogP contribution in [-0.2, 0) is 65.4 Å². The van der Waals surface area contributed by atoms with Gasteiger partial charge in [-0.3, -0.25) is 37.3 Å². The van der Waals surface area contributed by atoms with E-state index in [0.29, 0.717) is 31.6 Å². The summed E-state index contributed by atoms with van der Waals surface area (Å²) in [5.41, 5.74) is 0. The van der Waals surface area contributed by atoms with Crippen LogP contribution in [0, 0.1) is 17.8 Å². The van der Waals surface area contributed by atoms with Crippen molar-refractivity contribution < 1.29 is 80.2 Å². The van der Waals surface area contributed by atoms with E-state index in [1.165, 1.54) is 244 Å². The second-order valence-electron chi connectivity index (χ2n) is 32.6. The highest BCUT2D eigenvalue weighted by Gasteiger charge is 2.31. The Bertz CT molecular complexity index is 2200. The summed E-state index contributed by atoms with van der Waals surface area (Å²) >= 11 is 0. The molecule has 0 fully saturated rings. The maximum atomic E-state index is 13.2. The van der Waals surface area contributed by atoms with Crippen molar-refractivity contribution in [2.75, 3.05) is 39.6 Å². The minimum absolute atomic E-state index is 0.0844. The summed E-state index contributed by atoms with van der Waals surface area (Å²) in [6, 6.07) is 0. The zero-order valence-electron chi connectivity index (χ0n) is 71.5. The number of rotatable bonds is 86. The molecule has 5 unspecified atom stereocenters. The fourth-order valence-corrected chi connectivity index (χ4v) is 15.1. The fourth-order valence-electron chi connectivity index (χ4n) is 13.5. The molecule has 0 aromatic carbocycles. The largest absolute Gasteiger partial charge is 0.472 e. The van der Waals surface area contributed by atoms with Gasteiger partial charge in [0.15, 0.2) is 12.2 Å². The molecular weight excluding hydrogens is 1410 g/mol. The zero-order valence-corrected chi connectivity index (χ0v) is 73.3. The highest BCUT2D eigenvalue weighted by Crippen LogP contribution is 2.45. The molecule has 0 saturated carbocycles. The molecule has 0 heterocycles. The third kappa shape index (κ3) is 80.5. The number of esters is 4. The van der Waals surface area contributed by atoms with E-state index >= 15 is 0 Å².